The Hall–Kier alpha value is -2.35. The summed E-state index contributed by atoms with van der Waals surface area (Å²) in [5.41, 5.74) is 1.62. The Morgan fingerprint density at radius 3 is 2.92 bits per heavy atom. The molecule has 0 radical (unpaired) electrons. The van der Waals surface area contributed by atoms with E-state index in [1.807, 2.05) is 4.57 Å². The lowest BCUT2D eigenvalue weighted by Gasteiger charge is -2.09. The summed E-state index contributed by atoms with van der Waals surface area (Å²) in [6, 6.07) is 3.99. The van der Waals surface area contributed by atoms with E-state index < -0.39 is 12.5 Å². The molecule has 0 unspecified atom stereocenters. The zero-order valence-electron chi connectivity index (χ0n) is 12.5. The van der Waals surface area contributed by atoms with Gasteiger partial charge in [0.15, 0.2) is 6.29 Å². The van der Waals surface area contributed by atoms with Gasteiger partial charge in [-0.1, -0.05) is 0 Å². The number of aryl methyl sites for hydroxylation is 1. The van der Waals surface area contributed by atoms with Crippen LogP contribution in [0.4, 0.5) is 8.78 Å². The van der Waals surface area contributed by atoms with Crippen LogP contribution in [-0.2, 0) is 13.1 Å². The summed E-state index contributed by atoms with van der Waals surface area (Å²) in [6.07, 6.45) is 5.61. The molecule has 124 valence electrons. The molecule has 0 saturated heterocycles. The number of hydrogen-bond donors (Lipinski definition) is 0. The maximum Gasteiger partial charge on any atom is 0.150 e. The summed E-state index contributed by atoms with van der Waals surface area (Å²) in [7, 11) is 0. The van der Waals surface area contributed by atoms with Crippen LogP contribution in [0, 0.1) is 5.82 Å². The van der Waals surface area contributed by atoms with E-state index in [4.69, 9.17) is 0 Å². The second kappa shape index (κ2) is 7.04. The molecule has 0 spiro atoms. The maximum atomic E-state index is 13.3. The quantitative estimate of drug-likeness (QED) is 0.601. The Labute approximate surface area is 145 Å². The van der Waals surface area contributed by atoms with E-state index in [9.17, 15) is 13.6 Å². The highest BCUT2D eigenvalue weighted by Crippen LogP contribution is 2.24. The molecule has 5 nitrogen and oxygen atoms in total. The topological polar surface area (TPSA) is 52.7 Å². The van der Waals surface area contributed by atoms with E-state index in [-0.39, 0.29) is 12.1 Å². The number of hydrogen-bond acceptors (Lipinski definition) is 3. The molecule has 2 heterocycles. The third-order valence-corrected chi connectivity index (χ3v) is 4.50. The van der Waals surface area contributed by atoms with Gasteiger partial charge in [0.2, 0.25) is 0 Å². The van der Waals surface area contributed by atoms with Crippen LogP contribution in [-0.4, -0.2) is 32.3 Å². The number of alkyl halides is 1. The normalized spacial score (nSPS) is 11.0. The van der Waals surface area contributed by atoms with Crippen LogP contribution in [0.1, 0.15) is 15.9 Å². The summed E-state index contributed by atoms with van der Waals surface area (Å²) in [5, 5.41) is 4.12. The highest BCUT2D eigenvalue weighted by molar-refractivity contribution is 9.10. The highest BCUT2D eigenvalue weighted by atomic mass is 79.9. The van der Waals surface area contributed by atoms with Gasteiger partial charge in [-0.3, -0.25) is 9.48 Å². The van der Waals surface area contributed by atoms with Gasteiger partial charge in [0.05, 0.1) is 19.3 Å². The van der Waals surface area contributed by atoms with Gasteiger partial charge in [-0.25, -0.2) is 13.8 Å². The molecule has 24 heavy (non-hydrogen) atoms. The van der Waals surface area contributed by atoms with E-state index in [2.05, 4.69) is 26.0 Å². The predicted molar refractivity (Wildman–Crippen MR) is 88.0 cm³/mol. The van der Waals surface area contributed by atoms with Crippen molar-refractivity contribution in [1.82, 2.24) is 19.3 Å². The molecule has 0 atom stereocenters. The lowest BCUT2D eigenvalue weighted by atomic mass is 10.1. The summed E-state index contributed by atoms with van der Waals surface area (Å²) in [5.74, 6) is 0.0661. The highest BCUT2D eigenvalue weighted by Gasteiger charge is 2.14. The molecule has 2 aromatic heterocycles. The molecular formula is C16H13BrF2N4O. The standard InChI is InChI=1S/C16H13BrF2N4O/c17-15-12(8-21-23(15)5-3-18)9-22-6-4-20-16(22)14-2-1-13(19)7-11(14)10-24/h1-2,4,6-8,10H,3,5,9H2. The van der Waals surface area contributed by atoms with Crippen LogP contribution in [0.3, 0.4) is 0 Å². The Kier molecular flexibility index (Phi) is 4.84. The molecular weight excluding hydrogens is 382 g/mol. The molecule has 0 N–H and O–H groups in total. The van der Waals surface area contributed by atoms with Crippen molar-refractivity contribution in [2.45, 2.75) is 13.1 Å². The van der Waals surface area contributed by atoms with Gasteiger partial charge < -0.3 is 4.57 Å². The monoisotopic (exact) mass is 394 g/mol. The third-order valence-electron chi connectivity index (χ3n) is 3.58. The van der Waals surface area contributed by atoms with Gasteiger partial charge in [0.25, 0.3) is 0 Å². The molecule has 0 aliphatic carbocycles. The van der Waals surface area contributed by atoms with Crippen molar-refractivity contribution >= 4 is 22.2 Å². The lowest BCUT2D eigenvalue weighted by molar-refractivity contribution is 0.112. The average Bonchev–Trinajstić information content (AvgIpc) is 3.17. The van der Waals surface area contributed by atoms with Crippen LogP contribution in [0.5, 0.6) is 0 Å². The van der Waals surface area contributed by atoms with Crippen molar-refractivity contribution < 1.29 is 13.6 Å². The second-order valence-electron chi connectivity index (χ2n) is 5.10. The number of carbonyl (C=O) groups excluding carboxylic acids is 1. The summed E-state index contributed by atoms with van der Waals surface area (Å²) in [4.78, 5) is 15.5. The fourth-order valence-corrected chi connectivity index (χ4v) is 2.95. The largest absolute Gasteiger partial charge is 0.326 e. The molecule has 0 aliphatic heterocycles. The molecule has 0 fully saturated rings. The Morgan fingerprint density at radius 1 is 1.33 bits per heavy atom. The molecule has 0 amide bonds. The predicted octanol–water partition coefficient (Wildman–Crippen LogP) is 3.48. The minimum atomic E-state index is -0.506. The van der Waals surface area contributed by atoms with Crippen molar-refractivity contribution in [2.75, 3.05) is 6.67 Å². The van der Waals surface area contributed by atoms with E-state index in [0.717, 1.165) is 5.56 Å². The fourth-order valence-electron chi connectivity index (χ4n) is 2.45. The third kappa shape index (κ3) is 3.14. The smallest absolute Gasteiger partial charge is 0.150 e. The summed E-state index contributed by atoms with van der Waals surface area (Å²) in [6.45, 7) is 0.0941. The number of aldehydes is 1. The number of benzene rings is 1. The van der Waals surface area contributed by atoms with Gasteiger partial charge in [-0.2, -0.15) is 5.10 Å². The van der Waals surface area contributed by atoms with Crippen molar-refractivity contribution in [2.24, 2.45) is 0 Å². The average molecular weight is 395 g/mol. The molecule has 8 heteroatoms. The Morgan fingerprint density at radius 2 is 2.17 bits per heavy atom. The van der Waals surface area contributed by atoms with E-state index >= 15 is 0 Å². The molecule has 0 bridgehead atoms. The SMILES string of the molecule is O=Cc1cc(F)ccc1-c1nccn1Cc1cnn(CCF)c1Br. The zero-order valence-corrected chi connectivity index (χ0v) is 14.1. The Bertz CT molecular complexity index is 875. The number of nitrogens with zero attached hydrogens (tertiary/aromatic N) is 4. The van der Waals surface area contributed by atoms with Crippen LogP contribution < -0.4 is 0 Å². The maximum absolute atomic E-state index is 13.3. The van der Waals surface area contributed by atoms with Crippen molar-refractivity contribution in [1.29, 1.82) is 0 Å². The van der Waals surface area contributed by atoms with Crippen LogP contribution in [0.25, 0.3) is 11.4 Å². The number of carbonyl (C=O) groups is 1. The van der Waals surface area contributed by atoms with Gasteiger partial charge in [-0.15, -0.1) is 0 Å². The Balaban J connectivity index is 1.96. The first kappa shape index (κ1) is 16.5. The van der Waals surface area contributed by atoms with Gasteiger partial charge in [0.1, 0.15) is 22.9 Å². The molecule has 0 aliphatic rings. The number of rotatable bonds is 6. The van der Waals surface area contributed by atoms with E-state index in [0.29, 0.717) is 28.8 Å². The van der Waals surface area contributed by atoms with Crippen molar-refractivity contribution in [3.05, 3.63) is 58.3 Å². The van der Waals surface area contributed by atoms with E-state index in [1.54, 1.807) is 18.6 Å². The number of aromatic nitrogens is 4. The first-order chi connectivity index (χ1) is 11.6. The first-order valence-corrected chi connectivity index (χ1v) is 7.95. The molecule has 1 aromatic carbocycles. The van der Waals surface area contributed by atoms with Crippen LogP contribution >= 0.6 is 15.9 Å². The number of halogens is 3. The zero-order chi connectivity index (χ0) is 17.1. The molecule has 3 rings (SSSR count). The summed E-state index contributed by atoms with van der Waals surface area (Å²) >= 11 is 3.41. The minimum absolute atomic E-state index is 0.171. The van der Waals surface area contributed by atoms with Gasteiger partial charge in [0, 0.05) is 29.1 Å². The summed E-state index contributed by atoms with van der Waals surface area (Å²) < 4.78 is 29.8. The number of imidazole rings is 1. The first-order valence-electron chi connectivity index (χ1n) is 7.16. The fraction of sp³-hybridized carbons (Fsp3) is 0.188. The molecule has 3 aromatic rings. The van der Waals surface area contributed by atoms with Crippen molar-refractivity contribution in [3.8, 4) is 11.4 Å². The second-order valence-corrected chi connectivity index (χ2v) is 5.85. The minimum Gasteiger partial charge on any atom is -0.326 e. The lowest BCUT2D eigenvalue weighted by Crippen LogP contribution is -2.05. The van der Waals surface area contributed by atoms with Gasteiger partial charge >= 0.3 is 0 Å². The molecule has 0 saturated carbocycles. The van der Waals surface area contributed by atoms with Crippen molar-refractivity contribution in [3.63, 3.8) is 0 Å². The van der Waals surface area contributed by atoms with Crippen LogP contribution in [0.2, 0.25) is 0 Å². The van der Waals surface area contributed by atoms with Gasteiger partial charge in [-0.05, 0) is 34.1 Å². The van der Waals surface area contributed by atoms with Crippen LogP contribution in [0.15, 0.2) is 41.4 Å². The van der Waals surface area contributed by atoms with E-state index in [1.165, 1.54) is 22.9 Å².